The van der Waals surface area contributed by atoms with Gasteiger partial charge in [0, 0.05) is 12.6 Å². The summed E-state index contributed by atoms with van der Waals surface area (Å²) in [4.78, 5) is 12.7. The molecular weight excluding hydrogens is 278 g/mol. The van der Waals surface area contributed by atoms with Crippen LogP contribution in [0.4, 0.5) is 5.69 Å². The largest absolute Gasteiger partial charge is 0.319 e. The maximum absolute atomic E-state index is 10.7. The molecule has 6 heteroatoms. The molecule has 0 aliphatic carbocycles. The quantitative estimate of drug-likeness (QED) is 0.670. The van der Waals surface area contributed by atoms with Crippen LogP contribution in [0.5, 0.6) is 0 Å². The van der Waals surface area contributed by atoms with Crippen LogP contribution in [0, 0.1) is 16.0 Å². The molecule has 5 nitrogen and oxygen atoms in total. The van der Waals surface area contributed by atoms with Crippen molar-refractivity contribution in [3.8, 4) is 0 Å². The Labute approximate surface area is 124 Å². The van der Waals surface area contributed by atoms with Gasteiger partial charge < -0.3 is 5.32 Å². The van der Waals surface area contributed by atoms with Crippen molar-refractivity contribution in [3.63, 3.8) is 0 Å². The maximum Gasteiger partial charge on any atom is 0.287 e. The van der Waals surface area contributed by atoms with E-state index in [-0.39, 0.29) is 10.7 Å². The molecule has 0 aromatic heterocycles. The fourth-order valence-corrected chi connectivity index (χ4v) is 2.96. The van der Waals surface area contributed by atoms with Gasteiger partial charge in [-0.2, -0.15) is 0 Å². The molecule has 0 radical (unpaired) electrons. The number of nitro benzene ring substituents is 1. The summed E-state index contributed by atoms with van der Waals surface area (Å²) in [6.45, 7) is 4.03. The second kappa shape index (κ2) is 7.02. The molecule has 1 aromatic carbocycles. The van der Waals surface area contributed by atoms with Gasteiger partial charge in [0.2, 0.25) is 0 Å². The second-order valence-electron chi connectivity index (χ2n) is 5.32. The van der Waals surface area contributed by atoms with Gasteiger partial charge >= 0.3 is 0 Å². The third-order valence-electron chi connectivity index (χ3n) is 3.81. The molecule has 0 spiro atoms. The smallest absolute Gasteiger partial charge is 0.287 e. The van der Waals surface area contributed by atoms with Crippen molar-refractivity contribution in [3.05, 3.63) is 38.9 Å². The normalized spacial score (nSPS) is 17.3. The summed E-state index contributed by atoms with van der Waals surface area (Å²) in [5.41, 5.74) is 1.01. The molecule has 1 saturated heterocycles. The molecule has 1 heterocycles. The standard InChI is InChI=1S/C14H20ClN3O2/c1-16-9-11-4-6-17(7-5-11)10-12-2-3-14(18(19)20)13(15)8-12/h2-3,8,11,16H,4-7,9-10H2,1H3. The lowest BCUT2D eigenvalue weighted by molar-refractivity contribution is -0.384. The highest BCUT2D eigenvalue weighted by Gasteiger charge is 2.19. The summed E-state index contributed by atoms with van der Waals surface area (Å²) in [5.74, 6) is 0.761. The number of hydrogen-bond acceptors (Lipinski definition) is 4. The zero-order valence-corrected chi connectivity index (χ0v) is 12.4. The molecule has 110 valence electrons. The summed E-state index contributed by atoms with van der Waals surface area (Å²) < 4.78 is 0. The van der Waals surface area contributed by atoms with E-state index in [0.29, 0.717) is 0 Å². The highest BCUT2D eigenvalue weighted by Crippen LogP contribution is 2.26. The van der Waals surface area contributed by atoms with E-state index < -0.39 is 4.92 Å². The van der Waals surface area contributed by atoms with E-state index in [9.17, 15) is 10.1 Å². The number of nitrogens with zero attached hydrogens (tertiary/aromatic N) is 2. The van der Waals surface area contributed by atoms with E-state index in [1.165, 1.54) is 18.9 Å². The molecule has 20 heavy (non-hydrogen) atoms. The SMILES string of the molecule is CNCC1CCN(Cc2ccc([N+](=O)[O-])c(Cl)c2)CC1. The van der Waals surface area contributed by atoms with Gasteiger partial charge in [-0.05, 0) is 57.1 Å². The Morgan fingerprint density at radius 2 is 2.15 bits per heavy atom. The van der Waals surface area contributed by atoms with Crippen LogP contribution < -0.4 is 5.32 Å². The minimum Gasteiger partial charge on any atom is -0.319 e. The Morgan fingerprint density at radius 1 is 1.45 bits per heavy atom. The van der Waals surface area contributed by atoms with Crippen LogP contribution in [0.15, 0.2) is 18.2 Å². The topological polar surface area (TPSA) is 58.4 Å². The van der Waals surface area contributed by atoms with Gasteiger partial charge in [-0.25, -0.2) is 0 Å². The Bertz CT molecular complexity index is 473. The highest BCUT2D eigenvalue weighted by molar-refractivity contribution is 6.32. The van der Waals surface area contributed by atoms with Crippen molar-refractivity contribution < 1.29 is 4.92 Å². The Kier molecular flexibility index (Phi) is 5.34. The van der Waals surface area contributed by atoms with Gasteiger partial charge in [-0.15, -0.1) is 0 Å². The summed E-state index contributed by atoms with van der Waals surface area (Å²) in [5, 5.41) is 14.2. The first-order chi connectivity index (χ1) is 9.60. The van der Waals surface area contributed by atoms with Crippen molar-refractivity contribution in [1.82, 2.24) is 10.2 Å². The van der Waals surface area contributed by atoms with Crippen LogP contribution in [-0.2, 0) is 6.54 Å². The molecule has 1 fully saturated rings. The molecule has 0 atom stereocenters. The number of halogens is 1. The summed E-state index contributed by atoms with van der Waals surface area (Å²) in [6, 6.07) is 4.99. The first-order valence-corrected chi connectivity index (χ1v) is 7.27. The van der Waals surface area contributed by atoms with E-state index in [0.717, 1.165) is 37.7 Å². The molecule has 1 aliphatic heterocycles. The third-order valence-corrected chi connectivity index (χ3v) is 4.12. The lowest BCUT2D eigenvalue weighted by Crippen LogP contribution is -2.36. The van der Waals surface area contributed by atoms with E-state index >= 15 is 0 Å². The molecular formula is C14H20ClN3O2. The fourth-order valence-electron chi connectivity index (χ4n) is 2.69. The molecule has 1 aliphatic rings. The average Bonchev–Trinajstić information content (AvgIpc) is 2.41. The predicted octanol–water partition coefficient (Wildman–Crippen LogP) is 2.68. The Balaban J connectivity index is 1.91. The van der Waals surface area contributed by atoms with Gasteiger partial charge in [0.25, 0.3) is 5.69 Å². The van der Waals surface area contributed by atoms with Crippen molar-refractivity contribution >= 4 is 17.3 Å². The van der Waals surface area contributed by atoms with Crippen LogP contribution in [0.1, 0.15) is 18.4 Å². The van der Waals surface area contributed by atoms with Crippen LogP contribution in [0.25, 0.3) is 0 Å². The monoisotopic (exact) mass is 297 g/mol. The van der Waals surface area contributed by atoms with Gasteiger partial charge in [0.1, 0.15) is 5.02 Å². The summed E-state index contributed by atoms with van der Waals surface area (Å²) in [7, 11) is 1.99. The number of nitro groups is 1. The van der Waals surface area contributed by atoms with Crippen LogP contribution in [0.3, 0.4) is 0 Å². The zero-order valence-electron chi connectivity index (χ0n) is 11.6. The van der Waals surface area contributed by atoms with Gasteiger partial charge in [0.05, 0.1) is 4.92 Å². The van der Waals surface area contributed by atoms with Gasteiger partial charge in [-0.1, -0.05) is 17.7 Å². The lowest BCUT2D eigenvalue weighted by Gasteiger charge is -2.31. The van der Waals surface area contributed by atoms with Crippen LogP contribution in [-0.4, -0.2) is 36.5 Å². The zero-order chi connectivity index (χ0) is 14.5. The summed E-state index contributed by atoms with van der Waals surface area (Å²) >= 11 is 5.94. The highest BCUT2D eigenvalue weighted by atomic mass is 35.5. The third kappa shape index (κ3) is 3.91. The molecule has 0 amide bonds. The summed E-state index contributed by atoms with van der Waals surface area (Å²) in [6.07, 6.45) is 2.39. The van der Waals surface area contributed by atoms with E-state index in [4.69, 9.17) is 11.6 Å². The van der Waals surface area contributed by atoms with E-state index in [1.54, 1.807) is 12.1 Å². The fraction of sp³-hybridized carbons (Fsp3) is 0.571. The molecule has 0 bridgehead atoms. The van der Waals surface area contributed by atoms with Gasteiger partial charge in [0.15, 0.2) is 0 Å². The number of likely N-dealkylation sites (tertiary alicyclic amines) is 1. The minimum atomic E-state index is -0.449. The average molecular weight is 298 g/mol. The molecule has 2 rings (SSSR count). The molecule has 1 aromatic rings. The van der Waals surface area contributed by atoms with E-state index in [2.05, 4.69) is 10.2 Å². The van der Waals surface area contributed by atoms with Gasteiger partial charge in [-0.3, -0.25) is 15.0 Å². The predicted molar refractivity (Wildman–Crippen MR) is 80.0 cm³/mol. The van der Waals surface area contributed by atoms with E-state index in [1.807, 2.05) is 7.05 Å². The van der Waals surface area contributed by atoms with Crippen LogP contribution in [0.2, 0.25) is 5.02 Å². The number of hydrogen-bond donors (Lipinski definition) is 1. The first kappa shape index (κ1) is 15.2. The number of nitrogens with one attached hydrogen (secondary N) is 1. The van der Waals surface area contributed by atoms with Crippen molar-refractivity contribution in [2.75, 3.05) is 26.7 Å². The second-order valence-corrected chi connectivity index (χ2v) is 5.73. The van der Waals surface area contributed by atoms with Crippen molar-refractivity contribution in [2.45, 2.75) is 19.4 Å². The number of rotatable bonds is 5. The Hall–Kier alpha value is -1.17. The first-order valence-electron chi connectivity index (χ1n) is 6.90. The van der Waals surface area contributed by atoms with Crippen molar-refractivity contribution in [2.24, 2.45) is 5.92 Å². The molecule has 0 saturated carbocycles. The molecule has 1 N–H and O–H groups in total. The Morgan fingerprint density at radius 3 is 2.70 bits per heavy atom. The van der Waals surface area contributed by atoms with Crippen LogP contribution >= 0.6 is 11.6 Å². The molecule has 0 unspecified atom stereocenters. The minimum absolute atomic E-state index is 0.0249. The lowest BCUT2D eigenvalue weighted by atomic mass is 9.96. The maximum atomic E-state index is 10.7. The van der Waals surface area contributed by atoms with Crippen molar-refractivity contribution in [1.29, 1.82) is 0 Å². The number of piperidine rings is 1. The number of benzene rings is 1.